The molecule has 1 aromatic carbocycles. The predicted molar refractivity (Wildman–Crippen MR) is 116 cm³/mol. The number of nitrogens with two attached hydrogens (primary N) is 1. The van der Waals surface area contributed by atoms with E-state index in [0.29, 0.717) is 17.9 Å². The molecule has 0 saturated heterocycles. The van der Waals surface area contributed by atoms with Gasteiger partial charge in [0.05, 0.1) is 11.3 Å². The average Bonchev–Trinajstić information content (AvgIpc) is 3.36. The Hall–Kier alpha value is -4.27. The summed E-state index contributed by atoms with van der Waals surface area (Å²) in [6, 6.07) is 15.6. The number of aromatic nitrogens is 7. The summed E-state index contributed by atoms with van der Waals surface area (Å²) in [5.41, 5.74) is 12.4. The van der Waals surface area contributed by atoms with Crippen LogP contribution in [0.25, 0.3) is 28.0 Å². The summed E-state index contributed by atoms with van der Waals surface area (Å²) >= 11 is 0. The first-order chi connectivity index (χ1) is 15.0. The van der Waals surface area contributed by atoms with Gasteiger partial charge in [-0.3, -0.25) is 10.1 Å². The fraction of sp³-hybridized carbons (Fsp3) is 0.136. The molecule has 0 atom stereocenters. The zero-order valence-corrected chi connectivity index (χ0v) is 17.1. The van der Waals surface area contributed by atoms with E-state index in [1.807, 2.05) is 62.4 Å². The van der Waals surface area contributed by atoms with Crippen LogP contribution in [0.5, 0.6) is 0 Å². The summed E-state index contributed by atoms with van der Waals surface area (Å²) in [5.74, 6) is 0.115. The highest BCUT2D eigenvalue weighted by atomic mass is 16.2. The number of fused-ring (bicyclic) bond motifs is 1. The maximum absolute atomic E-state index is 13.2. The molecule has 5 aromatic rings. The number of nitrogen functional groups attached to an aromatic ring is 1. The van der Waals surface area contributed by atoms with E-state index in [1.165, 1.54) is 9.08 Å². The number of H-pyrrole nitrogens is 2. The first kappa shape index (κ1) is 18.7. The molecule has 0 saturated carbocycles. The third kappa shape index (κ3) is 3.25. The largest absolute Gasteiger partial charge is 0.428 e. The van der Waals surface area contributed by atoms with Crippen molar-refractivity contribution in [1.29, 1.82) is 0 Å². The van der Waals surface area contributed by atoms with Gasteiger partial charge in [0.15, 0.2) is 0 Å². The minimum absolute atomic E-state index is 0.115. The molecule has 0 aliphatic heterocycles. The van der Waals surface area contributed by atoms with E-state index in [1.54, 1.807) is 6.20 Å². The summed E-state index contributed by atoms with van der Waals surface area (Å²) in [6.45, 7) is 4.19. The monoisotopic (exact) mass is 413 g/mol. The Morgan fingerprint density at radius 1 is 1.03 bits per heavy atom. The second kappa shape index (κ2) is 7.21. The van der Waals surface area contributed by atoms with Gasteiger partial charge in [-0.2, -0.15) is 9.78 Å². The maximum atomic E-state index is 13.2. The van der Waals surface area contributed by atoms with Gasteiger partial charge in [0, 0.05) is 23.1 Å². The van der Waals surface area contributed by atoms with E-state index in [-0.39, 0.29) is 11.6 Å². The molecule has 0 aliphatic carbocycles. The molecule has 154 valence electrons. The van der Waals surface area contributed by atoms with E-state index in [4.69, 9.17) is 5.73 Å². The first-order valence-electron chi connectivity index (χ1n) is 9.84. The number of aryl methyl sites for hydroxylation is 2. The molecule has 4 heterocycles. The van der Waals surface area contributed by atoms with Crippen molar-refractivity contribution in [3.8, 4) is 22.4 Å². The molecular weight excluding hydrogens is 392 g/mol. The van der Waals surface area contributed by atoms with Gasteiger partial charge in [-0.25, -0.2) is 9.89 Å². The first-order valence-corrected chi connectivity index (χ1v) is 9.84. The summed E-state index contributed by atoms with van der Waals surface area (Å²) in [4.78, 5) is 22.3. The van der Waals surface area contributed by atoms with Crippen molar-refractivity contribution in [2.45, 2.75) is 20.4 Å². The van der Waals surface area contributed by atoms with Crippen LogP contribution in [0.4, 0.5) is 5.95 Å². The minimum atomic E-state index is -0.307. The zero-order chi connectivity index (χ0) is 21.5. The molecule has 9 nitrogen and oxygen atoms in total. The molecule has 0 amide bonds. The van der Waals surface area contributed by atoms with Gasteiger partial charge < -0.3 is 5.73 Å². The van der Waals surface area contributed by atoms with Crippen LogP contribution < -0.4 is 15.8 Å². The molecule has 4 aromatic heterocycles. The van der Waals surface area contributed by atoms with Crippen molar-refractivity contribution in [3.05, 3.63) is 82.3 Å². The van der Waals surface area contributed by atoms with Crippen molar-refractivity contribution in [3.63, 3.8) is 0 Å². The van der Waals surface area contributed by atoms with Gasteiger partial charge in [-0.05, 0) is 37.6 Å². The number of aromatic amines is 2. The molecule has 4 N–H and O–H groups in total. The van der Waals surface area contributed by atoms with Crippen LogP contribution in [0.2, 0.25) is 0 Å². The van der Waals surface area contributed by atoms with Gasteiger partial charge in [0.1, 0.15) is 12.2 Å². The Balaban J connectivity index is 1.85. The van der Waals surface area contributed by atoms with Gasteiger partial charge >= 0.3 is 11.6 Å². The third-order valence-corrected chi connectivity index (χ3v) is 5.12. The van der Waals surface area contributed by atoms with Crippen molar-refractivity contribution in [1.82, 2.24) is 29.9 Å². The van der Waals surface area contributed by atoms with Crippen LogP contribution in [0.15, 0.2) is 59.5 Å². The van der Waals surface area contributed by atoms with Gasteiger partial charge in [0.25, 0.3) is 0 Å². The second-order valence-electron chi connectivity index (χ2n) is 7.44. The lowest BCUT2D eigenvalue weighted by atomic mass is 9.99. The molecule has 31 heavy (non-hydrogen) atoms. The minimum Gasteiger partial charge on any atom is -0.319 e. The van der Waals surface area contributed by atoms with E-state index in [9.17, 15) is 4.79 Å². The van der Waals surface area contributed by atoms with Gasteiger partial charge in [-0.1, -0.05) is 30.3 Å². The van der Waals surface area contributed by atoms with Crippen molar-refractivity contribution in [2.24, 2.45) is 0 Å². The van der Waals surface area contributed by atoms with Crippen LogP contribution in [-0.4, -0.2) is 29.9 Å². The summed E-state index contributed by atoms with van der Waals surface area (Å²) in [6.07, 6.45) is 1.65. The molecule has 0 spiro atoms. The Morgan fingerprint density at radius 2 is 1.77 bits per heavy atom. The van der Waals surface area contributed by atoms with E-state index in [2.05, 4.69) is 25.3 Å². The van der Waals surface area contributed by atoms with Crippen molar-refractivity contribution >= 4 is 11.6 Å². The Bertz CT molecular complexity index is 1430. The van der Waals surface area contributed by atoms with Crippen LogP contribution >= 0.6 is 0 Å². The molecule has 0 fully saturated rings. The van der Waals surface area contributed by atoms with Crippen LogP contribution in [-0.2, 0) is 6.54 Å². The quantitative estimate of drug-likeness (QED) is 0.389. The average molecular weight is 413 g/mol. The number of rotatable bonds is 4. The maximum Gasteiger partial charge on any atom is 0.428 e. The molecule has 0 aliphatic rings. The number of benzene rings is 1. The fourth-order valence-corrected chi connectivity index (χ4v) is 3.86. The Labute approximate surface area is 177 Å². The van der Waals surface area contributed by atoms with E-state index < -0.39 is 0 Å². The number of pyridine rings is 1. The number of hydrogen-bond donors (Lipinski definition) is 3. The van der Waals surface area contributed by atoms with Crippen molar-refractivity contribution < 1.29 is 4.40 Å². The van der Waals surface area contributed by atoms with Gasteiger partial charge in [0.2, 0.25) is 5.65 Å². The number of nitrogens with zero attached hydrogens (tertiary/aromatic N) is 5. The normalized spacial score (nSPS) is 11.3. The Morgan fingerprint density at radius 3 is 2.45 bits per heavy atom. The fourth-order valence-electron chi connectivity index (χ4n) is 3.86. The van der Waals surface area contributed by atoms with E-state index >= 15 is 0 Å². The zero-order valence-electron chi connectivity index (χ0n) is 17.1. The van der Waals surface area contributed by atoms with Crippen molar-refractivity contribution in [2.75, 3.05) is 5.73 Å². The molecular formula is C22H21N8O+. The molecule has 0 radical (unpaired) electrons. The highest BCUT2D eigenvalue weighted by Crippen LogP contribution is 2.33. The van der Waals surface area contributed by atoms with Crippen LogP contribution in [0.1, 0.15) is 17.1 Å². The molecule has 9 heteroatoms. The number of nitrogens with one attached hydrogen (secondary N) is 2. The van der Waals surface area contributed by atoms with E-state index in [0.717, 1.165) is 33.8 Å². The SMILES string of the molecule is Cc1cc(-c2c(-c3ccccc3)nc(N)[n+]3c(=O)n(Cc4ccn[nH]4)[nH]c23)cc(C)n1. The molecule has 0 unspecified atom stereocenters. The topological polar surface area (TPSA) is 122 Å². The van der Waals surface area contributed by atoms with Crippen LogP contribution in [0, 0.1) is 13.8 Å². The standard InChI is InChI=1S/C22H20N8O/c1-13-10-16(11-14(2)25-13)18-19(15-6-4-3-5-7-15)26-21(23)30-20(18)28-29(22(30)31)12-17-8-9-24-27-17/h3-11H,12H2,1-2H3,(H3,23,24,25,26,27,28)/p+1. The smallest absolute Gasteiger partial charge is 0.319 e. The summed E-state index contributed by atoms with van der Waals surface area (Å²) in [7, 11) is 0. The second-order valence-corrected chi connectivity index (χ2v) is 7.44. The highest BCUT2D eigenvalue weighted by molar-refractivity contribution is 5.88. The number of anilines is 1. The highest BCUT2D eigenvalue weighted by Gasteiger charge is 2.26. The third-order valence-electron chi connectivity index (χ3n) is 5.12. The predicted octanol–water partition coefficient (Wildman–Crippen LogP) is 2.01. The molecule has 5 rings (SSSR count). The lowest BCUT2D eigenvalue weighted by molar-refractivity contribution is -0.516. The summed E-state index contributed by atoms with van der Waals surface area (Å²) in [5, 5.41) is 10.1. The number of hydrogen-bond acceptors (Lipinski definition) is 5. The summed E-state index contributed by atoms with van der Waals surface area (Å²) < 4.78 is 2.89. The van der Waals surface area contributed by atoms with Crippen LogP contribution in [0.3, 0.4) is 0 Å². The lowest BCUT2D eigenvalue weighted by Crippen LogP contribution is -2.44. The molecule has 0 bridgehead atoms. The lowest BCUT2D eigenvalue weighted by Gasteiger charge is -2.10. The Kier molecular flexibility index (Phi) is 4.36. The van der Waals surface area contributed by atoms with Gasteiger partial charge in [-0.15, -0.1) is 9.38 Å².